The summed E-state index contributed by atoms with van der Waals surface area (Å²) >= 11 is 5.60. The number of nitrogens with zero attached hydrogens (tertiary/aromatic N) is 3. The van der Waals surface area contributed by atoms with Crippen molar-refractivity contribution in [2.45, 2.75) is 62.5 Å². The number of carbonyl (C=O) groups excluding carboxylic acids is 2. The number of urea groups is 1. The molecule has 1 heterocycles. The van der Waals surface area contributed by atoms with Gasteiger partial charge in [0.25, 0.3) is 0 Å². The van der Waals surface area contributed by atoms with E-state index in [1.165, 1.54) is 36.2 Å². The van der Waals surface area contributed by atoms with E-state index in [-0.39, 0.29) is 42.7 Å². The smallest absolute Gasteiger partial charge is 0.340 e. The quantitative estimate of drug-likeness (QED) is 0.238. The van der Waals surface area contributed by atoms with E-state index in [1.807, 2.05) is 0 Å². The van der Waals surface area contributed by atoms with Crippen molar-refractivity contribution in [3.05, 3.63) is 65.0 Å². The Bertz CT molecular complexity index is 1530. The molecule has 0 radical (unpaired) electrons. The Morgan fingerprint density at radius 2 is 1.48 bits per heavy atom. The largest absolute Gasteiger partial charge is 0.416 e. The zero-order chi connectivity index (χ0) is 35.6. The van der Waals surface area contributed by atoms with Crippen LogP contribution in [-0.4, -0.2) is 81.1 Å². The molecule has 2 aromatic rings. The zero-order valence-electron chi connectivity index (χ0n) is 26.1. The molecule has 2 atom stereocenters. The molecule has 0 aromatic heterocycles. The fourth-order valence-corrected chi connectivity index (χ4v) is 7.97. The van der Waals surface area contributed by atoms with Crippen molar-refractivity contribution in [2.24, 2.45) is 5.92 Å². The minimum absolute atomic E-state index is 0.00165. The number of amides is 3. The molecule has 3 amide bonds. The van der Waals surface area contributed by atoms with E-state index in [9.17, 15) is 48.7 Å². The second-order valence-electron chi connectivity index (χ2n) is 12.2. The lowest BCUT2D eigenvalue weighted by molar-refractivity contribution is -0.143. The molecule has 2 aliphatic rings. The van der Waals surface area contributed by atoms with Gasteiger partial charge in [0.2, 0.25) is 15.9 Å². The van der Waals surface area contributed by atoms with Crippen LogP contribution < -0.4 is 9.62 Å². The van der Waals surface area contributed by atoms with Gasteiger partial charge in [-0.1, -0.05) is 12.1 Å². The number of rotatable bonds is 9. The number of hydrogen-bond acceptors (Lipinski definition) is 4. The molecular formula is C31H36ClF7N4O4S. The molecule has 2 fully saturated rings. The number of nitrogens with one attached hydrogen (secondary N) is 1. The van der Waals surface area contributed by atoms with Crippen LogP contribution in [0.2, 0.25) is 0 Å². The van der Waals surface area contributed by atoms with Crippen molar-refractivity contribution < 1.29 is 48.7 Å². The zero-order valence-corrected chi connectivity index (χ0v) is 27.7. The van der Waals surface area contributed by atoms with E-state index < -0.39 is 68.9 Å². The van der Waals surface area contributed by atoms with E-state index in [2.05, 4.69) is 4.72 Å². The molecule has 1 saturated carbocycles. The number of alkyl halides is 7. The van der Waals surface area contributed by atoms with Crippen LogP contribution >= 0.6 is 11.6 Å². The van der Waals surface area contributed by atoms with Crippen LogP contribution in [0.5, 0.6) is 0 Å². The summed E-state index contributed by atoms with van der Waals surface area (Å²) in [6.07, 6.45) is -8.27. The van der Waals surface area contributed by atoms with Crippen molar-refractivity contribution in [3.8, 4) is 0 Å². The summed E-state index contributed by atoms with van der Waals surface area (Å²) < 4.78 is 122. The van der Waals surface area contributed by atoms with Gasteiger partial charge in [-0.3, -0.25) is 9.69 Å². The first-order valence-electron chi connectivity index (χ1n) is 15.2. The van der Waals surface area contributed by atoms with Crippen LogP contribution in [0, 0.1) is 11.7 Å². The summed E-state index contributed by atoms with van der Waals surface area (Å²) in [4.78, 5) is 30.7. The van der Waals surface area contributed by atoms with Gasteiger partial charge in [-0.15, -0.1) is 11.6 Å². The second-order valence-corrected chi connectivity index (χ2v) is 14.5. The first-order valence-corrected chi connectivity index (χ1v) is 17.4. The Balaban J connectivity index is 1.53. The fraction of sp³-hybridized carbons (Fsp3) is 0.548. The minimum Gasteiger partial charge on any atom is -0.340 e. The Morgan fingerprint density at radius 3 is 2.00 bits per heavy atom. The van der Waals surface area contributed by atoms with Crippen molar-refractivity contribution in [3.63, 3.8) is 0 Å². The summed E-state index contributed by atoms with van der Waals surface area (Å²) in [5.74, 6) is -1.64. The van der Waals surface area contributed by atoms with Gasteiger partial charge >= 0.3 is 18.4 Å². The van der Waals surface area contributed by atoms with E-state index in [4.69, 9.17) is 11.6 Å². The van der Waals surface area contributed by atoms with Gasteiger partial charge in [-0.25, -0.2) is 22.3 Å². The highest BCUT2D eigenvalue weighted by Gasteiger charge is 2.43. The molecule has 8 nitrogen and oxygen atoms in total. The van der Waals surface area contributed by atoms with E-state index in [0.29, 0.717) is 54.7 Å². The molecular weight excluding hydrogens is 693 g/mol. The molecule has 1 N–H and O–H groups in total. The first-order chi connectivity index (χ1) is 22.3. The number of hydrogen-bond donors (Lipinski definition) is 1. The molecule has 266 valence electrons. The molecule has 2 aromatic carbocycles. The normalized spacial score (nSPS) is 22.1. The SMILES string of the molecule is CN(C(=O)N(C)[C@@H]1CN(C(=O)C2CCC(NS(=O)(=O)CCCCl)CC2)C[C@H]1c1ccc(F)cc1)c1cc(C(F)(F)F)cc(C(F)(F)F)c1. The predicted molar refractivity (Wildman–Crippen MR) is 166 cm³/mol. The minimum atomic E-state index is -5.11. The highest BCUT2D eigenvalue weighted by molar-refractivity contribution is 7.89. The summed E-state index contributed by atoms with van der Waals surface area (Å²) in [5.41, 5.74) is -3.20. The van der Waals surface area contributed by atoms with Gasteiger partial charge < -0.3 is 9.80 Å². The van der Waals surface area contributed by atoms with Gasteiger partial charge in [-0.05, 0) is 68.0 Å². The maximum absolute atomic E-state index is 13.8. The highest BCUT2D eigenvalue weighted by Crippen LogP contribution is 2.39. The number of halogens is 8. The lowest BCUT2D eigenvalue weighted by Gasteiger charge is -2.33. The second kappa shape index (κ2) is 14.8. The van der Waals surface area contributed by atoms with Crippen molar-refractivity contribution in [1.82, 2.24) is 14.5 Å². The Labute approximate surface area is 279 Å². The average molecular weight is 729 g/mol. The van der Waals surface area contributed by atoms with Crippen molar-refractivity contribution in [1.29, 1.82) is 0 Å². The van der Waals surface area contributed by atoms with Gasteiger partial charge in [0.1, 0.15) is 5.82 Å². The molecule has 0 bridgehead atoms. The monoisotopic (exact) mass is 728 g/mol. The van der Waals surface area contributed by atoms with Crippen LogP contribution in [0.1, 0.15) is 54.7 Å². The lowest BCUT2D eigenvalue weighted by Crippen LogP contribution is -2.48. The Hall–Kier alpha value is -3.11. The lowest BCUT2D eigenvalue weighted by atomic mass is 9.85. The Morgan fingerprint density at radius 1 is 0.917 bits per heavy atom. The number of carbonyl (C=O) groups is 2. The number of likely N-dealkylation sites (N-methyl/N-ethyl adjacent to an activating group) is 1. The van der Waals surface area contributed by atoms with Crippen LogP contribution in [0.4, 0.5) is 41.2 Å². The number of anilines is 1. The number of likely N-dealkylation sites (tertiary alicyclic amines) is 1. The van der Waals surface area contributed by atoms with Gasteiger partial charge in [0.15, 0.2) is 0 Å². The predicted octanol–water partition coefficient (Wildman–Crippen LogP) is 6.45. The highest BCUT2D eigenvalue weighted by atomic mass is 35.5. The average Bonchev–Trinajstić information content (AvgIpc) is 3.47. The first kappa shape index (κ1) is 37.7. The molecule has 1 aliphatic heterocycles. The van der Waals surface area contributed by atoms with E-state index >= 15 is 0 Å². The summed E-state index contributed by atoms with van der Waals surface area (Å²) in [7, 11) is -1.12. The van der Waals surface area contributed by atoms with E-state index in [0.717, 1.165) is 7.05 Å². The number of sulfonamides is 1. The third-order valence-electron chi connectivity index (χ3n) is 8.91. The molecule has 4 rings (SSSR count). The Kier molecular flexibility index (Phi) is 11.6. The molecule has 1 aliphatic carbocycles. The van der Waals surface area contributed by atoms with Gasteiger partial charge in [0, 0.05) is 56.6 Å². The molecule has 17 heteroatoms. The van der Waals surface area contributed by atoms with Crippen molar-refractivity contribution in [2.75, 3.05) is 43.7 Å². The molecule has 0 spiro atoms. The summed E-state index contributed by atoms with van der Waals surface area (Å²) in [6.45, 7) is 0.113. The van der Waals surface area contributed by atoms with Crippen LogP contribution in [0.15, 0.2) is 42.5 Å². The standard InChI is InChI=1S/C31H36ClF7N4O4S/c1-41(25-15-21(30(34,35)36)14-22(16-25)31(37,38)39)29(45)42(2)27-18-43(17-26(27)19-4-8-23(33)9-5-19)28(44)20-6-10-24(11-7-20)40-48(46,47)13-3-12-32/h4-5,8-9,14-16,20,24,26-27,40H,3,6-7,10-13,17-18H2,1-2H3/t20?,24?,26-,27+/m0/s1. The third kappa shape index (κ3) is 9.11. The van der Waals surface area contributed by atoms with Gasteiger partial charge in [0.05, 0.1) is 22.9 Å². The van der Waals surface area contributed by atoms with Crippen molar-refractivity contribution >= 4 is 39.2 Å². The number of benzene rings is 2. The molecule has 1 saturated heterocycles. The van der Waals surface area contributed by atoms with E-state index in [1.54, 1.807) is 4.90 Å². The topological polar surface area (TPSA) is 90.0 Å². The van der Waals surface area contributed by atoms with Crippen LogP contribution in [0.25, 0.3) is 0 Å². The fourth-order valence-electron chi connectivity index (χ4n) is 6.29. The van der Waals surface area contributed by atoms with Gasteiger partial charge in [-0.2, -0.15) is 26.3 Å². The third-order valence-corrected chi connectivity index (χ3v) is 10.7. The maximum atomic E-state index is 13.8. The molecule has 48 heavy (non-hydrogen) atoms. The van der Waals surface area contributed by atoms with Crippen LogP contribution in [0.3, 0.4) is 0 Å². The summed E-state index contributed by atoms with van der Waals surface area (Å²) in [6, 6.07) is 4.27. The maximum Gasteiger partial charge on any atom is 0.416 e. The summed E-state index contributed by atoms with van der Waals surface area (Å²) in [5, 5.41) is 0. The van der Waals surface area contributed by atoms with Crippen LogP contribution in [-0.2, 0) is 27.2 Å². The molecule has 0 unspecified atom stereocenters.